The van der Waals surface area contributed by atoms with E-state index in [-0.39, 0.29) is 6.04 Å². The minimum atomic E-state index is -0.898. The van der Waals surface area contributed by atoms with Gasteiger partial charge in [0.05, 0.1) is 6.04 Å². The minimum Gasteiger partial charge on any atom is -0.398 e. The van der Waals surface area contributed by atoms with Gasteiger partial charge in [-0.25, -0.2) is 4.68 Å². The van der Waals surface area contributed by atoms with Crippen LogP contribution in [0, 0.1) is 0 Å². The first-order chi connectivity index (χ1) is 8.59. The lowest BCUT2D eigenvalue weighted by molar-refractivity contribution is 0.521. The number of anilines is 1. The molecule has 2 atom stereocenters. The lowest BCUT2D eigenvalue weighted by atomic mass is 10.1. The van der Waals surface area contributed by atoms with Crippen molar-refractivity contribution in [2.75, 3.05) is 17.7 Å². The summed E-state index contributed by atoms with van der Waals surface area (Å²) in [7, 11) is -0.898. The van der Waals surface area contributed by atoms with Gasteiger partial charge in [-0.15, -0.1) is 5.10 Å². The summed E-state index contributed by atoms with van der Waals surface area (Å²) in [6.07, 6.45) is 1.66. The van der Waals surface area contributed by atoms with Crippen LogP contribution in [0.15, 0.2) is 24.3 Å². The van der Waals surface area contributed by atoms with Gasteiger partial charge in [0.2, 0.25) is 0 Å². The second-order valence-corrected chi connectivity index (χ2v) is 5.60. The molecule has 1 aromatic heterocycles. The highest BCUT2D eigenvalue weighted by Gasteiger charge is 2.17. The van der Waals surface area contributed by atoms with Gasteiger partial charge in [0.25, 0.3) is 0 Å². The van der Waals surface area contributed by atoms with Gasteiger partial charge in [0, 0.05) is 34.1 Å². The molecule has 0 spiro atoms. The normalized spacial score (nSPS) is 14.3. The van der Waals surface area contributed by atoms with Crippen LogP contribution in [0.1, 0.15) is 13.0 Å². The van der Waals surface area contributed by atoms with Gasteiger partial charge < -0.3 is 5.73 Å². The van der Waals surface area contributed by atoms with Gasteiger partial charge in [-0.2, -0.15) is 0 Å². The van der Waals surface area contributed by atoms with Gasteiger partial charge in [-0.1, -0.05) is 12.1 Å². The van der Waals surface area contributed by atoms with Crippen molar-refractivity contribution < 1.29 is 4.21 Å². The van der Waals surface area contributed by atoms with Crippen molar-refractivity contribution in [3.05, 3.63) is 24.3 Å². The van der Waals surface area contributed by atoms with E-state index in [0.717, 1.165) is 5.56 Å². The van der Waals surface area contributed by atoms with Crippen LogP contribution in [0.4, 0.5) is 5.69 Å². The molecule has 1 aromatic carbocycles. The number of hydrogen-bond acceptors (Lipinski definition) is 5. The third-order valence-electron chi connectivity index (χ3n) is 2.59. The molecule has 18 heavy (non-hydrogen) atoms. The molecule has 0 aliphatic heterocycles. The molecular weight excluding hydrogens is 250 g/mol. The smallest absolute Gasteiger partial charge is 0.184 e. The Bertz CT molecular complexity index is 568. The first-order valence-corrected chi connectivity index (χ1v) is 7.25. The summed E-state index contributed by atoms with van der Waals surface area (Å²) in [6.45, 7) is 1.93. The summed E-state index contributed by atoms with van der Waals surface area (Å²) in [5.41, 5.74) is 7.32. The molecule has 0 aliphatic carbocycles. The number of hydrogen-bond donors (Lipinski definition) is 1. The maximum Gasteiger partial charge on any atom is 0.184 e. The first-order valence-electron chi connectivity index (χ1n) is 5.52. The molecule has 6 nitrogen and oxygen atoms in total. The van der Waals surface area contributed by atoms with E-state index >= 15 is 0 Å². The van der Waals surface area contributed by atoms with E-state index < -0.39 is 10.8 Å². The standard InChI is InChI=1S/C11H15N5OS/c1-8(7-18(2)17)16-11(13-14-15-16)9-5-3-4-6-10(9)12/h3-6,8H,7,12H2,1-2H3. The average molecular weight is 265 g/mol. The van der Waals surface area contributed by atoms with Crippen LogP contribution < -0.4 is 5.73 Å². The van der Waals surface area contributed by atoms with Crippen LogP contribution in [0.25, 0.3) is 11.4 Å². The fourth-order valence-corrected chi connectivity index (χ4v) is 2.60. The Hall–Kier alpha value is -1.76. The van der Waals surface area contributed by atoms with E-state index in [1.165, 1.54) is 0 Å². The molecule has 96 valence electrons. The zero-order valence-corrected chi connectivity index (χ0v) is 11.1. The number of tetrazole rings is 1. The van der Waals surface area contributed by atoms with Crippen molar-refractivity contribution >= 4 is 16.5 Å². The summed E-state index contributed by atoms with van der Waals surface area (Å²) in [4.78, 5) is 0. The molecular formula is C11H15N5OS. The predicted octanol–water partition coefficient (Wildman–Crippen LogP) is 0.862. The van der Waals surface area contributed by atoms with E-state index in [0.29, 0.717) is 17.3 Å². The monoisotopic (exact) mass is 265 g/mol. The van der Waals surface area contributed by atoms with Crippen molar-refractivity contribution in [1.82, 2.24) is 20.2 Å². The molecule has 2 aromatic rings. The number of nitrogens with two attached hydrogens (primary N) is 1. The van der Waals surface area contributed by atoms with Crippen molar-refractivity contribution in [3.63, 3.8) is 0 Å². The molecule has 0 radical (unpaired) electrons. The Kier molecular flexibility index (Phi) is 3.71. The van der Waals surface area contributed by atoms with Crippen LogP contribution in [-0.2, 0) is 10.8 Å². The van der Waals surface area contributed by atoms with Crippen LogP contribution in [0.3, 0.4) is 0 Å². The highest BCUT2D eigenvalue weighted by atomic mass is 32.2. The zero-order valence-electron chi connectivity index (χ0n) is 10.3. The van der Waals surface area contributed by atoms with Crippen LogP contribution >= 0.6 is 0 Å². The zero-order chi connectivity index (χ0) is 13.1. The molecule has 0 saturated carbocycles. The van der Waals surface area contributed by atoms with Gasteiger partial charge in [0.1, 0.15) is 0 Å². The SMILES string of the molecule is CC(CS(C)=O)n1nnnc1-c1ccccc1N. The maximum atomic E-state index is 11.3. The summed E-state index contributed by atoms with van der Waals surface area (Å²) in [5, 5.41) is 11.6. The minimum absolute atomic E-state index is 0.0413. The average Bonchev–Trinajstić information content (AvgIpc) is 2.77. The predicted molar refractivity (Wildman–Crippen MR) is 71.3 cm³/mol. The topological polar surface area (TPSA) is 86.7 Å². The number of benzene rings is 1. The van der Waals surface area contributed by atoms with Gasteiger partial charge >= 0.3 is 0 Å². The molecule has 0 bridgehead atoms. The quantitative estimate of drug-likeness (QED) is 0.829. The Morgan fingerprint density at radius 3 is 2.83 bits per heavy atom. The third kappa shape index (κ3) is 2.56. The lowest BCUT2D eigenvalue weighted by Crippen LogP contribution is -2.15. The molecule has 0 fully saturated rings. The number of nitrogen functional groups attached to an aromatic ring is 1. The Labute approximate surface area is 108 Å². The molecule has 2 unspecified atom stereocenters. The molecule has 7 heteroatoms. The van der Waals surface area contributed by atoms with E-state index in [9.17, 15) is 4.21 Å². The van der Waals surface area contributed by atoms with Crippen LogP contribution in [-0.4, -0.2) is 36.4 Å². The highest BCUT2D eigenvalue weighted by molar-refractivity contribution is 7.84. The molecule has 0 amide bonds. The van der Waals surface area contributed by atoms with Gasteiger partial charge in [-0.3, -0.25) is 4.21 Å². The number of para-hydroxylation sites is 1. The molecule has 2 rings (SSSR count). The first kappa shape index (κ1) is 12.7. The summed E-state index contributed by atoms with van der Waals surface area (Å²) < 4.78 is 12.9. The van der Waals surface area contributed by atoms with Gasteiger partial charge in [0.15, 0.2) is 5.82 Å². The molecule has 0 aliphatic rings. The molecule has 0 saturated heterocycles. The molecule has 1 heterocycles. The van der Waals surface area contributed by atoms with Crippen LogP contribution in [0.5, 0.6) is 0 Å². The van der Waals surface area contributed by atoms with Crippen molar-refractivity contribution in [1.29, 1.82) is 0 Å². The van der Waals surface area contributed by atoms with Crippen molar-refractivity contribution in [2.24, 2.45) is 0 Å². The van der Waals surface area contributed by atoms with Crippen molar-refractivity contribution in [3.8, 4) is 11.4 Å². The number of nitrogens with zero attached hydrogens (tertiary/aromatic N) is 4. The van der Waals surface area contributed by atoms with Crippen molar-refractivity contribution in [2.45, 2.75) is 13.0 Å². The Morgan fingerprint density at radius 2 is 2.17 bits per heavy atom. The summed E-state index contributed by atoms with van der Waals surface area (Å²) in [5.74, 6) is 1.11. The third-order valence-corrected chi connectivity index (χ3v) is 3.54. The van der Waals surface area contributed by atoms with Gasteiger partial charge in [-0.05, 0) is 29.5 Å². The van der Waals surface area contributed by atoms with E-state index in [2.05, 4.69) is 15.5 Å². The summed E-state index contributed by atoms with van der Waals surface area (Å²) >= 11 is 0. The number of aromatic nitrogens is 4. The highest BCUT2D eigenvalue weighted by Crippen LogP contribution is 2.24. The van der Waals surface area contributed by atoms with E-state index in [1.54, 1.807) is 17.0 Å². The maximum absolute atomic E-state index is 11.3. The lowest BCUT2D eigenvalue weighted by Gasteiger charge is -2.12. The number of rotatable bonds is 4. The fourth-order valence-electron chi connectivity index (χ4n) is 1.78. The van der Waals surface area contributed by atoms with E-state index in [1.807, 2.05) is 25.1 Å². The molecule has 2 N–H and O–H groups in total. The second kappa shape index (κ2) is 5.26. The Morgan fingerprint density at radius 1 is 1.44 bits per heavy atom. The summed E-state index contributed by atoms with van der Waals surface area (Å²) in [6, 6.07) is 7.37. The largest absolute Gasteiger partial charge is 0.398 e. The second-order valence-electron chi connectivity index (χ2n) is 4.12. The fraction of sp³-hybridized carbons (Fsp3) is 0.364. The van der Waals surface area contributed by atoms with E-state index in [4.69, 9.17) is 5.73 Å². The Balaban J connectivity index is 2.39. The van der Waals surface area contributed by atoms with Crippen LogP contribution in [0.2, 0.25) is 0 Å².